The van der Waals surface area contributed by atoms with E-state index >= 15 is 0 Å². The van der Waals surface area contributed by atoms with Crippen LogP contribution in [0.2, 0.25) is 0 Å². The fraction of sp³-hybridized carbons (Fsp3) is 0.818. The van der Waals surface area contributed by atoms with Crippen molar-refractivity contribution in [3.8, 4) is 0 Å². The number of sulfone groups is 1. The van der Waals surface area contributed by atoms with Crippen molar-refractivity contribution in [2.45, 2.75) is 50.3 Å². The summed E-state index contributed by atoms with van der Waals surface area (Å²) in [5.41, 5.74) is 5.48. The molecule has 0 bridgehead atoms. The molecule has 1 amide bonds. The van der Waals surface area contributed by atoms with Gasteiger partial charge in [0.25, 0.3) is 0 Å². The van der Waals surface area contributed by atoms with Gasteiger partial charge in [-0.15, -0.1) is 0 Å². The number of amides is 1. The lowest BCUT2D eigenvalue weighted by molar-refractivity contribution is -0.121. The summed E-state index contributed by atoms with van der Waals surface area (Å²) in [6, 6.07) is -0.625. The second-order valence-corrected chi connectivity index (χ2v) is 7.03. The number of oxime groups is 1. The zero-order valence-corrected chi connectivity index (χ0v) is 11.8. The number of hydrogen-bond donors (Lipinski definition) is 3. The fourth-order valence-electron chi connectivity index (χ4n) is 2.17. The Morgan fingerprint density at radius 3 is 2.74 bits per heavy atom. The van der Waals surface area contributed by atoms with Crippen LogP contribution in [0.15, 0.2) is 5.16 Å². The molecule has 19 heavy (non-hydrogen) atoms. The van der Waals surface area contributed by atoms with Crippen LogP contribution >= 0.6 is 0 Å². The van der Waals surface area contributed by atoms with Crippen LogP contribution in [0.5, 0.6) is 0 Å². The van der Waals surface area contributed by atoms with Gasteiger partial charge >= 0.3 is 0 Å². The van der Waals surface area contributed by atoms with E-state index in [2.05, 4.69) is 10.5 Å². The molecule has 1 aliphatic heterocycles. The maximum Gasteiger partial charge on any atom is 0.238 e. The lowest BCUT2D eigenvalue weighted by Crippen LogP contribution is -2.51. The Morgan fingerprint density at radius 2 is 2.21 bits per heavy atom. The van der Waals surface area contributed by atoms with Gasteiger partial charge in [0.05, 0.1) is 11.8 Å². The van der Waals surface area contributed by atoms with Gasteiger partial charge in [-0.3, -0.25) is 4.79 Å². The SMILES string of the molecule is CCCC(NC(=O)C1CCCCS1(=O)=O)C(N)=NO. The summed E-state index contributed by atoms with van der Waals surface area (Å²) in [6.45, 7) is 1.89. The van der Waals surface area contributed by atoms with Gasteiger partial charge in [-0.05, 0) is 19.3 Å². The highest BCUT2D eigenvalue weighted by atomic mass is 32.2. The maximum absolute atomic E-state index is 12.0. The van der Waals surface area contributed by atoms with Crippen LogP contribution in [0.3, 0.4) is 0 Å². The van der Waals surface area contributed by atoms with Gasteiger partial charge in [-0.25, -0.2) is 8.42 Å². The van der Waals surface area contributed by atoms with Crippen LogP contribution in [0.4, 0.5) is 0 Å². The van der Waals surface area contributed by atoms with E-state index in [9.17, 15) is 13.2 Å². The molecular weight excluding hydrogens is 270 g/mol. The second kappa shape index (κ2) is 6.74. The minimum Gasteiger partial charge on any atom is -0.409 e. The quantitative estimate of drug-likeness (QED) is 0.284. The third-order valence-corrected chi connectivity index (χ3v) is 5.41. The van der Waals surface area contributed by atoms with Crippen LogP contribution in [0.1, 0.15) is 39.0 Å². The van der Waals surface area contributed by atoms with Gasteiger partial charge in [0.15, 0.2) is 15.7 Å². The van der Waals surface area contributed by atoms with Crippen LogP contribution < -0.4 is 11.1 Å². The molecule has 4 N–H and O–H groups in total. The molecular formula is C11H21N3O4S. The van der Waals surface area contributed by atoms with Crippen LogP contribution in [0, 0.1) is 0 Å². The molecule has 1 aliphatic rings. The number of carbonyl (C=O) groups is 1. The molecule has 0 spiro atoms. The molecule has 0 saturated carbocycles. The highest BCUT2D eigenvalue weighted by Gasteiger charge is 2.35. The van der Waals surface area contributed by atoms with Gasteiger partial charge in [-0.2, -0.15) is 0 Å². The minimum atomic E-state index is -3.37. The van der Waals surface area contributed by atoms with Crippen molar-refractivity contribution in [2.75, 3.05) is 5.75 Å². The lowest BCUT2D eigenvalue weighted by Gasteiger charge is -2.24. The molecule has 0 aromatic heterocycles. The summed E-state index contributed by atoms with van der Waals surface area (Å²) >= 11 is 0. The van der Waals surface area contributed by atoms with Crippen molar-refractivity contribution in [1.82, 2.24) is 5.32 Å². The molecule has 0 aromatic carbocycles. The van der Waals surface area contributed by atoms with E-state index < -0.39 is 27.0 Å². The summed E-state index contributed by atoms with van der Waals surface area (Å²) in [4.78, 5) is 12.0. The van der Waals surface area contributed by atoms with Crippen LogP contribution in [-0.4, -0.2) is 42.4 Å². The normalized spacial score (nSPS) is 24.7. The summed E-state index contributed by atoms with van der Waals surface area (Å²) in [5.74, 6) is -0.610. The standard InChI is InChI=1S/C11H21N3O4S/c1-2-5-8(10(12)14-16)13-11(15)9-6-3-4-7-19(9,17)18/h8-9,16H,2-7H2,1H3,(H2,12,14)(H,13,15). The molecule has 110 valence electrons. The average Bonchev–Trinajstić information content (AvgIpc) is 2.36. The summed E-state index contributed by atoms with van der Waals surface area (Å²) in [7, 11) is -3.37. The van der Waals surface area contributed by atoms with Gasteiger partial charge < -0.3 is 16.3 Å². The monoisotopic (exact) mass is 291 g/mol. The molecule has 1 heterocycles. The van der Waals surface area contributed by atoms with Gasteiger partial charge in [0.1, 0.15) is 5.25 Å². The Hall–Kier alpha value is -1.31. The van der Waals surface area contributed by atoms with Crippen molar-refractivity contribution >= 4 is 21.6 Å². The highest BCUT2D eigenvalue weighted by Crippen LogP contribution is 2.19. The smallest absolute Gasteiger partial charge is 0.238 e. The van der Waals surface area contributed by atoms with E-state index in [-0.39, 0.29) is 11.6 Å². The number of hydrogen-bond acceptors (Lipinski definition) is 5. The Kier molecular flexibility index (Phi) is 5.59. The summed E-state index contributed by atoms with van der Waals surface area (Å²) in [5, 5.41) is 13.1. The lowest BCUT2D eigenvalue weighted by atomic mass is 10.1. The second-order valence-electron chi connectivity index (χ2n) is 4.73. The van der Waals surface area contributed by atoms with Crippen LogP contribution in [0.25, 0.3) is 0 Å². The van der Waals surface area contributed by atoms with E-state index in [0.29, 0.717) is 19.3 Å². The third-order valence-electron chi connectivity index (χ3n) is 3.24. The molecule has 1 saturated heterocycles. The number of carbonyl (C=O) groups excluding carboxylic acids is 1. The molecule has 2 unspecified atom stereocenters. The molecule has 0 aromatic rings. The molecule has 1 rings (SSSR count). The van der Waals surface area contributed by atoms with E-state index in [1.54, 1.807) is 0 Å². The first kappa shape index (κ1) is 15.7. The molecule has 1 fully saturated rings. The molecule has 0 aliphatic carbocycles. The Balaban J connectivity index is 2.76. The van der Waals surface area contributed by atoms with Crippen molar-refractivity contribution in [3.05, 3.63) is 0 Å². The van der Waals surface area contributed by atoms with E-state index in [1.807, 2.05) is 6.92 Å². The predicted molar refractivity (Wildman–Crippen MR) is 71.7 cm³/mol. The number of amidine groups is 1. The molecule has 0 radical (unpaired) electrons. The fourth-order valence-corrected chi connectivity index (χ4v) is 3.98. The maximum atomic E-state index is 12.0. The van der Waals surface area contributed by atoms with E-state index in [1.165, 1.54) is 0 Å². The Labute approximate surface area is 113 Å². The summed E-state index contributed by atoms with van der Waals surface area (Å²) in [6.07, 6.45) is 2.88. The Bertz CT molecular complexity index is 447. The predicted octanol–water partition coefficient (Wildman–Crippen LogP) is -0.0150. The number of nitrogens with zero attached hydrogens (tertiary/aromatic N) is 1. The summed E-state index contributed by atoms with van der Waals surface area (Å²) < 4.78 is 23.7. The topological polar surface area (TPSA) is 122 Å². The van der Waals surface area contributed by atoms with Crippen molar-refractivity contribution in [3.63, 3.8) is 0 Å². The van der Waals surface area contributed by atoms with Crippen molar-refractivity contribution in [1.29, 1.82) is 0 Å². The van der Waals surface area contributed by atoms with Gasteiger partial charge in [-0.1, -0.05) is 24.9 Å². The van der Waals surface area contributed by atoms with E-state index in [0.717, 1.165) is 12.8 Å². The van der Waals surface area contributed by atoms with Crippen molar-refractivity contribution < 1.29 is 18.4 Å². The van der Waals surface area contributed by atoms with E-state index in [4.69, 9.17) is 10.9 Å². The molecule has 8 heteroatoms. The zero-order valence-electron chi connectivity index (χ0n) is 11.0. The zero-order chi connectivity index (χ0) is 14.5. The molecule has 7 nitrogen and oxygen atoms in total. The first-order valence-electron chi connectivity index (χ1n) is 6.41. The first-order chi connectivity index (χ1) is 8.92. The van der Waals surface area contributed by atoms with Crippen molar-refractivity contribution in [2.24, 2.45) is 10.9 Å². The highest BCUT2D eigenvalue weighted by molar-refractivity contribution is 7.92. The number of nitrogens with two attached hydrogens (primary N) is 1. The largest absolute Gasteiger partial charge is 0.409 e. The number of rotatable bonds is 5. The van der Waals surface area contributed by atoms with Gasteiger partial charge in [0, 0.05) is 0 Å². The molecule has 2 atom stereocenters. The van der Waals surface area contributed by atoms with Crippen LogP contribution in [-0.2, 0) is 14.6 Å². The number of nitrogens with one attached hydrogen (secondary N) is 1. The van der Waals surface area contributed by atoms with Gasteiger partial charge in [0.2, 0.25) is 5.91 Å². The Morgan fingerprint density at radius 1 is 1.53 bits per heavy atom. The third kappa shape index (κ3) is 4.09. The average molecular weight is 291 g/mol. The first-order valence-corrected chi connectivity index (χ1v) is 8.13. The minimum absolute atomic E-state index is 0.0487.